The van der Waals surface area contributed by atoms with Crippen LogP contribution in [0.2, 0.25) is 0 Å². The van der Waals surface area contributed by atoms with Crippen LogP contribution in [-0.2, 0) is 7.05 Å². The smallest absolute Gasteiger partial charge is 0.257 e. The second kappa shape index (κ2) is 7.52. The largest absolute Gasteiger partial charge is 0.346 e. The molecule has 0 N–H and O–H groups in total. The van der Waals surface area contributed by atoms with Gasteiger partial charge >= 0.3 is 0 Å². The Hall–Kier alpha value is -2.06. The van der Waals surface area contributed by atoms with E-state index in [-0.39, 0.29) is 11.9 Å². The molecule has 1 saturated heterocycles. The zero-order valence-electron chi connectivity index (χ0n) is 15.8. The van der Waals surface area contributed by atoms with Gasteiger partial charge in [0.1, 0.15) is 0 Å². The Bertz CT molecular complexity index is 966. The fourth-order valence-corrected chi connectivity index (χ4v) is 5.21. The van der Waals surface area contributed by atoms with Crippen molar-refractivity contribution in [3.8, 4) is 0 Å². The minimum Gasteiger partial charge on any atom is -0.346 e. The number of anilines is 1. The first-order valence-electron chi connectivity index (χ1n) is 9.01. The summed E-state index contributed by atoms with van der Waals surface area (Å²) in [6, 6.07) is 6.53. The van der Waals surface area contributed by atoms with Gasteiger partial charge in [-0.05, 0) is 31.2 Å². The number of hydrogen-bond donors (Lipinski definition) is 0. The van der Waals surface area contributed by atoms with Crippen molar-refractivity contribution in [1.29, 1.82) is 0 Å². The number of piperidine rings is 1. The van der Waals surface area contributed by atoms with Gasteiger partial charge < -0.3 is 9.80 Å². The Morgan fingerprint density at radius 1 is 1.41 bits per heavy atom. The van der Waals surface area contributed by atoms with Gasteiger partial charge in [0.15, 0.2) is 5.13 Å². The predicted octanol–water partition coefficient (Wildman–Crippen LogP) is 3.49. The number of carbonyl (C=O) groups excluding carboxylic acids is 1. The molecule has 142 valence electrons. The fraction of sp³-hybridized carbons (Fsp3) is 0.421. The van der Waals surface area contributed by atoms with E-state index in [1.165, 1.54) is 9.60 Å². The van der Waals surface area contributed by atoms with Gasteiger partial charge in [0, 0.05) is 44.3 Å². The summed E-state index contributed by atoms with van der Waals surface area (Å²) in [6.45, 7) is 1.80. The first kappa shape index (κ1) is 18.3. The van der Waals surface area contributed by atoms with Crippen molar-refractivity contribution >= 4 is 44.4 Å². The number of thiazole rings is 1. The molecule has 1 fully saturated rings. The van der Waals surface area contributed by atoms with Crippen LogP contribution in [0.4, 0.5) is 5.13 Å². The highest BCUT2D eigenvalue weighted by Crippen LogP contribution is 2.35. The number of likely N-dealkylation sites (N-methyl/N-ethyl adjacent to an activating group) is 1. The van der Waals surface area contributed by atoms with E-state index >= 15 is 0 Å². The molecular formula is C19H23N5OS2. The first-order chi connectivity index (χ1) is 13.1. The Balaban J connectivity index is 1.53. The van der Waals surface area contributed by atoms with Crippen molar-refractivity contribution < 1.29 is 4.79 Å². The van der Waals surface area contributed by atoms with Gasteiger partial charge in [-0.25, -0.2) is 4.98 Å². The van der Waals surface area contributed by atoms with E-state index in [1.807, 2.05) is 19.0 Å². The van der Waals surface area contributed by atoms with Gasteiger partial charge in [-0.1, -0.05) is 17.4 Å². The van der Waals surface area contributed by atoms with Crippen LogP contribution in [0, 0.1) is 0 Å². The fourth-order valence-electron chi connectivity index (χ4n) is 3.56. The lowest BCUT2D eigenvalue weighted by Crippen LogP contribution is -2.48. The van der Waals surface area contributed by atoms with Gasteiger partial charge in [-0.3, -0.25) is 9.48 Å². The molecule has 0 radical (unpaired) electrons. The van der Waals surface area contributed by atoms with Gasteiger partial charge in [-0.15, -0.1) is 11.8 Å². The average Bonchev–Trinajstić information content (AvgIpc) is 3.33. The molecule has 4 rings (SSSR count). The molecule has 3 heterocycles. The monoisotopic (exact) mass is 401 g/mol. The van der Waals surface area contributed by atoms with Crippen molar-refractivity contribution in [2.45, 2.75) is 23.8 Å². The molecule has 1 aliphatic heterocycles. The molecule has 1 amide bonds. The van der Waals surface area contributed by atoms with Crippen LogP contribution in [0.1, 0.15) is 23.2 Å². The van der Waals surface area contributed by atoms with E-state index in [4.69, 9.17) is 4.98 Å². The Morgan fingerprint density at radius 3 is 3.00 bits per heavy atom. The molecule has 0 aliphatic carbocycles. The summed E-state index contributed by atoms with van der Waals surface area (Å²) in [7, 11) is 3.72. The molecule has 2 aromatic heterocycles. The van der Waals surface area contributed by atoms with E-state index in [2.05, 4.69) is 34.5 Å². The number of nitrogens with zero attached hydrogens (tertiary/aromatic N) is 5. The van der Waals surface area contributed by atoms with Gasteiger partial charge in [0.25, 0.3) is 5.91 Å². The third-order valence-corrected chi connectivity index (χ3v) is 6.93. The summed E-state index contributed by atoms with van der Waals surface area (Å²) in [6.07, 6.45) is 7.57. The molecule has 0 spiro atoms. The van der Waals surface area contributed by atoms with Crippen molar-refractivity contribution in [1.82, 2.24) is 19.7 Å². The highest BCUT2D eigenvalue weighted by atomic mass is 32.2. The van der Waals surface area contributed by atoms with Crippen molar-refractivity contribution in [2.24, 2.45) is 7.05 Å². The predicted molar refractivity (Wildman–Crippen MR) is 112 cm³/mol. The van der Waals surface area contributed by atoms with E-state index in [0.29, 0.717) is 5.56 Å². The zero-order valence-corrected chi connectivity index (χ0v) is 17.4. The van der Waals surface area contributed by atoms with Crippen molar-refractivity contribution in [3.05, 3.63) is 36.2 Å². The minimum absolute atomic E-state index is 0.0314. The number of fused-ring (bicyclic) bond motifs is 1. The minimum atomic E-state index is 0.0314. The third-order valence-electron chi connectivity index (χ3n) is 5.08. The van der Waals surface area contributed by atoms with Crippen LogP contribution in [0.15, 0.2) is 35.5 Å². The second-order valence-corrected chi connectivity index (χ2v) is 8.72. The van der Waals surface area contributed by atoms with Crippen LogP contribution in [0.25, 0.3) is 10.2 Å². The lowest BCUT2D eigenvalue weighted by molar-refractivity contribution is 0.0717. The van der Waals surface area contributed by atoms with Gasteiger partial charge in [0.2, 0.25) is 0 Å². The summed E-state index contributed by atoms with van der Waals surface area (Å²) in [5.74, 6) is 0.0314. The Kier molecular flexibility index (Phi) is 5.10. The number of hydrogen-bond acceptors (Lipinski definition) is 6. The number of benzene rings is 1. The zero-order chi connectivity index (χ0) is 19.0. The topological polar surface area (TPSA) is 54.3 Å². The maximum atomic E-state index is 12.8. The quantitative estimate of drug-likeness (QED) is 0.627. The lowest BCUT2D eigenvalue weighted by atomic mass is 10.0. The number of rotatable bonds is 4. The van der Waals surface area contributed by atoms with E-state index in [9.17, 15) is 4.79 Å². The van der Waals surface area contributed by atoms with Gasteiger partial charge in [-0.2, -0.15) is 5.10 Å². The molecule has 8 heteroatoms. The maximum absolute atomic E-state index is 12.8. The summed E-state index contributed by atoms with van der Waals surface area (Å²) in [4.78, 5) is 23.1. The molecule has 0 saturated carbocycles. The maximum Gasteiger partial charge on any atom is 0.257 e. The molecule has 1 aromatic carbocycles. The summed E-state index contributed by atoms with van der Waals surface area (Å²) in [5, 5.41) is 5.17. The SMILES string of the molecule is CSc1cccc2sc(N3CCCC(N(C)C(=O)c4cnn(C)c4)C3)nc12. The number of thioether (sulfide) groups is 1. The summed E-state index contributed by atoms with van der Waals surface area (Å²) >= 11 is 3.47. The van der Waals surface area contributed by atoms with Crippen LogP contribution in [-0.4, -0.2) is 58.0 Å². The Morgan fingerprint density at radius 2 is 2.26 bits per heavy atom. The highest BCUT2D eigenvalue weighted by molar-refractivity contribution is 7.98. The molecule has 0 bridgehead atoms. The van der Waals surface area contributed by atoms with E-state index in [1.54, 1.807) is 40.2 Å². The number of carbonyl (C=O) groups is 1. The molecule has 27 heavy (non-hydrogen) atoms. The first-order valence-corrected chi connectivity index (χ1v) is 11.0. The number of para-hydroxylation sites is 1. The molecule has 1 aliphatic rings. The molecule has 1 unspecified atom stereocenters. The number of aromatic nitrogens is 3. The van der Waals surface area contributed by atoms with Crippen LogP contribution < -0.4 is 4.90 Å². The molecule has 3 aromatic rings. The van der Waals surface area contributed by atoms with Gasteiger partial charge in [0.05, 0.1) is 22.0 Å². The lowest BCUT2D eigenvalue weighted by Gasteiger charge is -2.37. The average molecular weight is 402 g/mol. The molecular weight excluding hydrogens is 378 g/mol. The summed E-state index contributed by atoms with van der Waals surface area (Å²) in [5.41, 5.74) is 1.73. The molecule has 1 atom stereocenters. The van der Waals surface area contributed by atoms with Crippen molar-refractivity contribution in [2.75, 3.05) is 31.3 Å². The van der Waals surface area contributed by atoms with Crippen LogP contribution in [0.5, 0.6) is 0 Å². The van der Waals surface area contributed by atoms with E-state index < -0.39 is 0 Å². The van der Waals surface area contributed by atoms with E-state index in [0.717, 1.165) is 36.6 Å². The molecule has 6 nitrogen and oxygen atoms in total. The second-order valence-electron chi connectivity index (χ2n) is 6.86. The highest BCUT2D eigenvalue weighted by Gasteiger charge is 2.28. The Labute approximate surface area is 167 Å². The third kappa shape index (κ3) is 3.55. The van der Waals surface area contributed by atoms with Crippen molar-refractivity contribution in [3.63, 3.8) is 0 Å². The standard InChI is InChI=1S/C19H23N5OS2/c1-22-11-13(10-20-22)18(25)23(2)14-6-5-9-24(12-14)19-21-17-15(26-3)7-4-8-16(17)27-19/h4,7-8,10-11,14H,5-6,9,12H2,1-3H3. The number of aryl methyl sites for hydroxylation is 1. The van der Waals surface area contributed by atoms with Crippen LogP contribution in [0.3, 0.4) is 0 Å². The normalized spacial score (nSPS) is 17.4. The number of amides is 1. The van der Waals surface area contributed by atoms with Crippen LogP contribution >= 0.6 is 23.1 Å². The summed E-state index contributed by atoms with van der Waals surface area (Å²) < 4.78 is 2.89.